The molecule has 0 fully saturated rings. The fourth-order valence-corrected chi connectivity index (χ4v) is 6.57. The highest BCUT2D eigenvalue weighted by Crippen LogP contribution is 2.49. The van der Waals surface area contributed by atoms with E-state index in [1.54, 1.807) is 31.2 Å². The highest BCUT2D eigenvalue weighted by molar-refractivity contribution is 6.35. The minimum absolute atomic E-state index is 0.0560. The summed E-state index contributed by atoms with van der Waals surface area (Å²) in [5.41, 5.74) is 4.48. The second-order valence-electron chi connectivity index (χ2n) is 12.0. The van der Waals surface area contributed by atoms with Crippen molar-refractivity contribution in [2.24, 2.45) is 5.41 Å². The summed E-state index contributed by atoms with van der Waals surface area (Å²) in [6.07, 6.45) is 14.1. The first-order valence-corrected chi connectivity index (χ1v) is 15.7. The molecule has 0 N–H and O–H groups in total. The van der Waals surface area contributed by atoms with Crippen molar-refractivity contribution >= 4 is 35.0 Å². The van der Waals surface area contributed by atoms with Gasteiger partial charge in [0.2, 0.25) is 0 Å². The molecule has 2 aromatic carbocycles. The van der Waals surface area contributed by atoms with E-state index in [9.17, 15) is 15.8 Å². The zero-order valence-corrected chi connectivity index (χ0v) is 27.8. The average Bonchev–Trinajstić information content (AvgIpc) is 3.28. The van der Waals surface area contributed by atoms with Gasteiger partial charge in [0, 0.05) is 40.0 Å². The van der Waals surface area contributed by atoms with Gasteiger partial charge in [-0.05, 0) is 80.0 Å². The molecule has 228 valence electrons. The second-order valence-corrected chi connectivity index (χ2v) is 12.9. The lowest BCUT2D eigenvalue weighted by atomic mass is 9.75. The van der Waals surface area contributed by atoms with E-state index in [2.05, 4.69) is 81.2 Å². The Balaban J connectivity index is 1.70. The minimum Gasteiger partial charge on any atom is -0.474 e. The fourth-order valence-electron chi connectivity index (χ4n) is 5.98. The van der Waals surface area contributed by atoms with Crippen LogP contribution in [0, 0.1) is 39.4 Å². The predicted octanol–water partition coefficient (Wildman–Crippen LogP) is 10.1. The Kier molecular flexibility index (Phi) is 10.5. The molecule has 7 heteroatoms. The van der Waals surface area contributed by atoms with Crippen LogP contribution in [0.25, 0.3) is 6.08 Å². The quantitative estimate of drug-likeness (QED) is 0.270. The molecular formula is C38H36Cl2N4O. The van der Waals surface area contributed by atoms with Crippen LogP contribution in [-0.2, 0) is 10.3 Å². The van der Waals surface area contributed by atoms with Gasteiger partial charge >= 0.3 is 0 Å². The SMILES string of the molecule is CCN(CC)c1ccc(C=CC2=CC(=CC=CC3=C(C#N)C(=C(C#N)C#N)OC3(C)c3ccc(Cl)cc3Cl)CC(C)(C)C2)cc1. The zero-order chi connectivity index (χ0) is 32.8. The van der Waals surface area contributed by atoms with Crippen molar-refractivity contribution in [3.05, 3.63) is 128 Å². The summed E-state index contributed by atoms with van der Waals surface area (Å²) >= 11 is 12.8. The van der Waals surface area contributed by atoms with Crippen LogP contribution in [0.1, 0.15) is 58.6 Å². The molecule has 0 spiro atoms. The lowest BCUT2D eigenvalue weighted by Crippen LogP contribution is -2.24. The van der Waals surface area contributed by atoms with Crippen LogP contribution < -0.4 is 4.90 Å². The lowest BCUT2D eigenvalue weighted by Gasteiger charge is -2.30. The Labute approximate surface area is 276 Å². The molecule has 4 rings (SSSR count). The molecular weight excluding hydrogens is 599 g/mol. The molecule has 0 saturated heterocycles. The van der Waals surface area contributed by atoms with Crippen molar-refractivity contribution in [2.75, 3.05) is 18.0 Å². The first-order chi connectivity index (χ1) is 21.5. The van der Waals surface area contributed by atoms with E-state index in [-0.39, 0.29) is 22.3 Å². The highest BCUT2D eigenvalue weighted by Gasteiger charge is 2.45. The van der Waals surface area contributed by atoms with E-state index in [4.69, 9.17) is 27.9 Å². The number of benzene rings is 2. The van der Waals surface area contributed by atoms with E-state index in [0.717, 1.165) is 37.1 Å². The van der Waals surface area contributed by atoms with Gasteiger partial charge in [-0.3, -0.25) is 0 Å². The van der Waals surface area contributed by atoms with Gasteiger partial charge in [-0.25, -0.2) is 0 Å². The molecule has 1 unspecified atom stereocenters. The van der Waals surface area contributed by atoms with Crippen LogP contribution in [0.15, 0.2) is 106 Å². The molecule has 2 aliphatic rings. The van der Waals surface area contributed by atoms with Crippen molar-refractivity contribution in [1.29, 1.82) is 15.8 Å². The van der Waals surface area contributed by atoms with E-state index in [1.165, 1.54) is 11.3 Å². The summed E-state index contributed by atoms with van der Waals surface area (Å²) in [4.78, 5) is 2.33. The molecule has 1 heterocycles. The molecule has 0 aromatic heterocycles. The van der Waals surface area contributed by atoms with Crippen LogP contribution in [0.5, 0.6) is 0 Å². The largest absolute Gasteiger partial charge is 0.474 e. The highest BCUT2D eigenvalue weighted by atomic mass is 35.5. The summed E-state index contributed by atoms with van der Waals surface area (Å²) < 4.78 is 6.23. The number of halogens is 2. The third-order valence-corrected chi connectivity index (χ3v) is 8.69. The molecule has 0 radical (unpaired) electrons. The molecule has 1 atom stereocenters. The van der Waals surface area contributed by atoms with E-state index < -0.39 is 5.60 Å². The Bertz CT molecular complexity index is 1770. The van der Waals surface area contributed by atoms with Crippen molar-refractivity contribution in [2.45, 2.75) is 53.1 Å². The third kappa shape index (κ3) is 7.44. The lowest BCUT2D eigenvalue weighted by molar-refractivity contribution is 0.0756. The summed E-state index contributed by atoms with van der Waals surface area (Å²) in [5, 5.41) is 30.1. The normalized spacial score (nSPS) is 20.1. The van der Waals surface area contributed by atoms with Crippen LogP contribution in [-0.4, -0.2) is 13.1 Å². The number of ether oxygens (including phenoxy) is 1. The minimum atomic E-state index is -1.23. The number of nitriles is 3. The summed E-state index contributed by atoms with van der Waals surface area (Å²) in [5.74, 6) is -0.0560. The fraction of sp³-hybridized carbons (Fsp3) is 0.289. The van der Waals surface area contributed by atoms with Crippen molar-refractivity contribution < 1.29 is 4.74 Å². The number of allylic oxidation sites excluding steroid dienone is 8. The molecule has 45 heavy (non-hydrogen) atoms. The first-order valence-electron chi connectivity index (χ1n) is 14.9. The molecule has 1 aliphatic carbocycles. The number of hydrogen-bond acceptors (Lipinski definition) is 5. The topological polar surface area (TPSA) is 83.8 Å². The molecule has 2 aromatic rings. The maximum absolute atomic E-state index is 10.1. The van der Waals surface area contributed by atoms with Gasteiger partial charge in [-0.2, -0.15) is 15.8 Å². The van der Waals surface area contributed by atoms with Crippen molar-refractivity contribution in [3.8, 4) is 18.2 Å². The molecule has 0 saturated carbocycles. The van der Waals surface area contributed by atoms with E-state index in [0.29, 0.717) is 21.2 Å². The Morgan fingerprint density at radius 3 is 2.22 bits per heavy atom. The smallest absolute Gasteiger partial charge is 0.172 e. The van der Waals surface area contributed by atoms with Gasteiger partial charge in [-0.1, -0.05) is 91.7 Å². The monoisotopic (exact) mass is 634 g/mol. The van der Waals surface area contributed by atoms with Crippen molar-refractivity contribution in [1.82, 2.24) is 0 Å². The second kappa shape index (κ2) is 14.1. The molecule has 0 amide bonds. The molecule has 0 bridgehead atoms. The summed E-state index contributed by atoms with van der Waals surface area (Å²) in [7, 11) is 0. The van der Waals surface area contributed by atoms with Gasteiger partial charge in [0.05, 0.1) is 0 Å². The molecule has 5 nitrogen and oxygen atoms in total. The van der Waals surface area contributed by atoms with Gasteiger partial charge in [-0.15, -0.1) is 0 Å². The van der Waals surface area contributed by atoms with Gasteiger partial charge in [0.15, 0.2) is 16.9 Å². The van der Waals surface area contributed by atoms with Crippen LogP contribution in [0.3, 0.4) is 0 Å². The zero-order valence-electron chi connectivity index (χ0n) is 26.3. The van der Waals surface area contributed by atoms with Crippen molar-refractivity contribution in [3.63, 3.8) is 0 Å². The number of nitrogens with zero attached hydrogens (tertiary/aromatic N) is 4. The third-order valence-electron chi connectivity index (χ3n) is 8.14. The Morgan fingerprint density at radius 2 is 1.62 bits per heavy atom. The van der Waals surface area contributed by atoms with Crippen LogP contribution in [0.2, 0.25) is 10.0 Å². The van der Waals surface area contributed by atoms with Gasteiger partial charge < -0.3 is 9.64 Å². The standard InChI is InChI=1S/C38H36Cl2N4O/c1-6-44(7-2)31-16-13-26(14-17-31)11-12-28-19-27(21-37(3,4)22-28)9-8-10-33-32(25-43)36(29(23-41)24-42)45-38(33,5)34-18-15-30(39)20-35(34)40/h8-20H,6-7,21-22H2,1-5H3. The summed E-state index contributed by atoms with van der Waals surface area (Å²) in [6, 6.07) is 19.5. The van der Waals surface area contributed by atoms with Gasteiger partial charge in [0.25, 0.3) is 0 Å². The Morgan fingerprint density at radius 1 is 0.933 bits per heavy atom. The number of rotatable bonds is 8. The first kappa shape index (κ1) is 33.4. The number of hydrogen-bond donors (Lipinski definition) is 0. The maximum Gasteiger partial charge on any atom is 0.172 e. The Hall–Kier alpha value is -4.47. The number of anilines is 1. The molecule has 1 aliphatic heterocycles. The van der Waals surface area contributed by atoms with Gasteiger partial charge in [0.1, 0.15) is 23.8 Å². The summed E-state index contributed by atoms with van der Waals surface area (Å²) in [6.45, 7) is 12.6. The average molecular weight is 636 g/mol. The predicted molar refractivity (Wildman–Crippen MR) is 183 cm³/mol. The van der Waals surface area contributed by atoms with Crippen LogP contribution in [0.4, 0.5) is 5.69 Å². The maximum atomic E-state index is 10.1. The van der Waals surface area contributed by atoms with E-state index in [1.807, 2.05) is 24.3 Å². The van der Waals surface area contributed by atoms with E-state index >= 15 is 0 Å². The van der Waals surface area contributed by atoms with Crippen LogP contribution >= 0.6 is 23.2 Å².